The zero-order chi connectivity index (χ0) is 12.7. The number of fused-ring (bicyclic) bond motifs is 1. The lowest BCUT2D eigenvalue weighted by Crippen LogP contribution is -2.48. The molecule has 0 spiro atoms. The molecular formula is C13H19N5. The molecule has 1 aliphatic heterocycles. The summed E-state index contributed by atoms with van der Waals surface area (Å²) >= 11 is 0. The number of pyridine rings is 1. The minimum atomic E-state index is 0.234. The van der Waals surface area contributed by atoms with Gasteiger partial charge in [0.15, 0.2) is 5.65 Å². The largest absolute Gasteiger partial charge is 0.355 e. The number of aromatic nitrogens is 3. The molecule has 5 heteroatoms. The normalized spacial score (nSPS) is 24.7. The SMILES string of the molecule is Cc1cc(N2CCC(C)C(N)C2)n2ncnc2c1. The van der Waals surface area contributed by atoms with Crippen molar-refractivity contribution < 1.29 is 0 Å². The highest BCUT2D eigenvalue weighted by atomic mass is 15.4. The van der Waals surface area contributed by atoms with Crippen LogP contribution in [-0.4, -0.2) is 33.7 Å². The maximum Gasteiger partial charge on any atom is 0.157 e. The molecule has 0 amide bonds. The van der Waals surface area contributed by atoms with E-state index in [0.29, 0.717) is 5.92 Å². The van der Waals surface area contributed by atoms with Gasteiger partial charge in [-0.05, 0) is 37.0 Å². The zero-order valence-corrected chi connectivity index (χ0v) is 10.9. The van der Waals surface area contributed by atoms with Crippen LogP contribution < -0.4 is 10.6 Å². The molecule has 3 heterocycles. The molecule has 0 radical (unpaired) electrons. The van der Waals surface area contributed by atoms with E-state index in [2.05, 4.69) is 34.9 Å². The van der Waals surface area contributed by atoms with Gasteiger partial charge in [0.25, 0.3) is 0 Å². The number of nitrogens with zero attached hydrogens (tertiary/aromatic N) is 4. The first-order valence-electron chi connectivity index (χ1n) is 6.46. The number of nitrogens with two attached hydrogens (primary N) is 1. The Bertz CT molecular complexity index is 562. The van der Waals surface area contributed by atoms with Gasteiger partial charge in [-0.15, -0.1) is 0 Å². The highest BCUT2D eigenvalue weighted by Crippen LogP contribution is 2.23. The Morgan fingerprint density at radius 1 is 1.39 bits per heavy atom. The predicted octanol–water partition coefficient (Wildman–Crippen LogP) is 1.21. The topological polar surface area (TPSA) is 59.5 Å². The Balaban J connectivity index is 2.01. The number of rotatable bonds is 1. The van der Waals surface area contributed by atoms with Crippen molar-refractivity contribution in [3.05, 3.63) is 24.0 Å². The van der Waals surface area contributed by atoms with Gasteiger partial charge in [-0.1, -0.05) is 6.92 Å². The summed E-state index contributed by atoms with van der Waals surface area (Å²) < 4.78 is 1.90. The fraction of sp³-hybridized carbons (Fsp3) is 0.538. The highest BCUT2D eigenvalue weighted by Gasteiger charge is 2.24. The van der Waals surface area contributed by atoms with E-state index in [1.165, 1.54) is 5.56 Å². The average molecular weight is 245 g/mol. The minimum absolute atomic E-state index is 0.234. The van der Waals surface area contributed by atoms with Gasteiger partial charge in [-0.25, -0.2) is 4.98 Å². The molecule has 18 heavy (non-hydrogen) atoms. The van der Waals surface area contributed by atoms with Crippen LogP contribution in [0.25, 0.3) is 5.65 Å². The molecular weight excluding hydrogens is 226 g/mol. The number of aryl methyl sites for hydroxylation is 1. The number of anilines is 1. The van der Waals surface area contributed by atoms with E-state index in [1.54, 1.807) is 6.33 Å². The first-order chi connectivity index (χ1) is 8.65. The molecule has 2 aromatic heterocycles. The summed E-state index contributed by atoms with van der Waals surface area (Å²) in [5, 5.41) is 4.30. The van der Waals surface area contributed by atoms with Gasteiger partial charge >= 0.3 is 0 Å². The van der Waals surface area contributed by atoms with Crippen LogP contribution in [-0.2, 0) is 0 Å². The van der Waals surface area contributed by atoms with Crippen molar-refractivity contribution in [1.82, 2.24) is 14.6 Å². The molecule has 2 N–H and O–H groups in total. The fourth-order valence-electron chi connectivity index (χ4n) is 2.57. The summed E-state index contributed by atoms with van der Waals surface area (Å²) in [5.74, 6) is 1.70. The lowest BCUT2D eigenvalue weighted by molar-refractivity contribution is 0.377. The molecule has 2 unspecified atom stereocenters. The van der Waals surface area contributed by atoms with Crippen LogP contribution in [0.5, 0.6) is 0 Å². The lowest BCUT2D eigenvalue weighted by atomic mass is 9.94. The summed E-state index contributed by atoms with van der Waals surface area (Å²) in [6.45, 7) is 6.24. The van der Waals surface area contributed by atoms with E-state index in [0.717, 1.165) is 31.0 Å². The predicted molar refractivity (Wildman–Crippen MR) is 71.7 cm³/mol. The van der Waals surface area contributed by atoms with Crippen molar-refractivity contribution in [2.75, 3.05) is 18.0 Å². The van der Waals surface area contributed by atoms with Crippen molar-refractivity contribution in [1.29, 1.82) is 0 Å². The zero-order valence-electron chi connectivity index (χ0n) is 10.9. The van der Waals surface area contributed by atoms with Crippen LogP contribution in [0.1, 0.15) is 18.9 Å². The number of hydrogen-bond donors (Lipinski definition) is 1. The van der Waals surface area contributed by atoms with Gasteiger partial charge in [-0.3, -0.25) is 0 Å². The van der Waals surface area contributed by atoms with Crippen molar-refractivity contribution in [2.45, 2.75) is 26.3 Å². The van der Waals surface area contributed by atoms with Crippen molar-refractivity contribution in [2.24, 2.45) is 11.7 Å². The Morgan fingerprint density at radius 2 is 2.22 bits per heavy atom. The fourth-order valence-corrected chi connectivity index (χ4v) is 2.57. The second-order valence-corrected chi connectivity index (χ2v) is 5.30. The molecule has 2 atom stereocenters. The molecule has 1 aliphatic rings. The summed E-state index contributed by atoms with van der Waals surface area (Å²) in [6, 6.07) is 4.44. The van der Waals surface area contributed by atoms with Crippen LogP contribution in [0.3, 0.4) is 0 Å². The summed E-state index contributed by atoms with van der Waals surface area (Å²) in [7, 11) is 0. The molecule has 5 nitrogen and oxygen atoms in total. The van der Waals surface area contributed by atoms with Crippen LogP contribution in [0.15, 0.2) is 18.5 Å². The molecule has 0 saturated carbocycles. The van der Waals surface area contributed by atoms with Crippen LogP contribution in [0.2, 0.25) is 0 Å². The first-order valence-corrected chi connectivity index (χ1v) is 6.46. The molecule has 0 bridgehead atoms. The van der Waals surface area contributed by atoms with E-state index in [-0.39, 0.29) is 6.04 Å². The third kappa shape index (κ3) is 1.84. The second kappa shape index (κ2) is 4.24. The molecule has 2 aromatic rings. The maximum atomic E-state index is 6.18. The second-order valence-electron chi connectivity index (χ2n) is 5.30. The molecule has 0 aromatic carbocycles. The van der Waals surface area contributed by atoms with Crippen LogP contribution in [0.4, 0.5) is 5.82 Å². The van der Waals surface area contributed by atoms with Gasteiger partial charge in [0, 0.05) is 19.1 Å². The highest BCUT2D eigenvalue weighted by molar-refractivity contribution is 5.53. The summed E-state index contributed by atoms with van der Waals surface area (Å²) in [4.78, 5) is 6.58. The third-order valence-electron chi connectivity index (χ3n) is 3.85. The third-order valence-corrected chi connectivity index (χ3v) is 3.85. The van der Waals surface area contributed by atoms with Gasteiger partial charge in [0.1, 0.15) is 12.1 Å². The van der Waals surface area contributed by atoms with E-state index >= 15 is 0 Å². The Kier molecular flexibility index (Phi) is 2.70. The van der Waals surface area contributed by atoms with E-state index in [1.807, 2.05) is 10.6 Å². The Labute approximate surface area is 107 Å². The van der Waals surface area contributed by atoms with Crippen molar-refractivity contribution in [3.63, 3.8) is 0 Å². The van der Waals surface area contributed by atoms with E-state index in [9.17, 15) is 0 Å². The molecule has 1 saturated heterocycles. The lowest BCUT2D eigenvalue weighted by Gasteiger charge is -2.36. The minimum Gasteiger partial charge on any atom is -0.355 e. The average Bonchev–Trinajstić information content (AvgIpc) is 2.79. The van der Waals surface area contributed by atoms with E-state index < -0.39 is 0 Å². The van der Waals surface area contributed by atoms with Crippen molar-refractivity contribution >= 4 is 11.5 Å². The molecule has 96 valence electrons. The van der Waals surface area contributed by atoms with Gasteiger partial charge in [0.05, 0.1) is 0 Å². The Hall–Kier alpha value is -1.62. The molecule has 1 fully saturated rings. The smallest absolute Gasteiger partial charge is 0.157 e. The van der Waals surface area contributed by atoms with Crippen LogP contribution >= 0.6 is 0 Å². The molecule has 0 aliphatic carbocycles. The maximum absolute atomic E-state index is 6.18. The standard InChI is InChI=1S/C13H19N5/c1-9-5-12-15-8-16-18(12)13(6-9)17-4-3-10(2)11(14)7-17/h5-6,8,10-11H,3-4,7,14H2,1-2H3. The van der Waals surface area contributed by atoms with E-state index in [4.69, 9.17) is 5.73 Å². The van der Waals surface area contributed by atoms with Crippen molar-refractivity contribution in [3.8, 4) is 0 Å². The van der Waals surface area contributed by atoms with Crippen LogP contribution in [0, 0.1) is 12.8 Å². The first kappa shape index (κ1) is 11.5. The summed E-state index contributed by atoms with van der Waals surface area (Å²) in [6.07, 6.45) is 2.73. The number of hydrogen-bond acceptors (Lipinski definition) is 4. The van der Waals surface area contributed by atoms with Gasteiger partial charge < -0.3 is 10.6 Å². The molecule has 3 rings (SSSR count). The Morgan fingerprint density at radius 3 is 3.00 bits per heavy atom. The number of piperidine rings is 1. The van der Waals surface area contributed by atoms with Gasteiger partial charge in [-0.2, -0.15) is 9.61 Å². The summed E-state index contributed by atoms with van der Waals surface area (Å²) in [5.41, 5.74) is 8.28. The van der Waals surface area contributed by atoms with Gasteiger partial charge in [0.2, 0.25) is 0 Å². The monoisotopic (exact) mass is 245 g/mol. The quantitative estimate of drug-likeness (QED) is 0.820.